The van der Waals surface area contributed by atoms with E-state index < -0.39 is 0 Å². The fourth-order valence-electron chi connectivity index (χ4n) is 1.77. The maximum atomic E-state index is 8.92. The Labute approximate surface area is 115 Å². The molecule has 0 aliphatic carbocycles. The van der Waals surface area contributed by atoms with Crippen LogP contribution in [0.5, 0.6) is 0 Å². The van der Waals surface area contributed by atoms with Crippen molar-refractivity contribution in [3.8, 4) is 6.07 Å². The molecular formula is C15H21ClN2. The molecule has 0 saturated heterocycles. The van der Waals surface area contributed by atoms with Gasteiger partial charge >= 0.3 is 0 Å². The largest absolute Gasteiger partial charge is 0.310 e. The van der Waals surface area contributed by atoms with Crippen LogP contribution in [0.4, 0.5) is 0 Å². The molecule has 0 fully saturated rings. The highest BCUT2D eigenvalue weighted by molar-refractivity contribution is 6.30. The van der Waals surface area contributed by atoms with E-state index in [2.05, 4.69) is 18.3 Å². The average Bonchev–Trinajstić information content (AvgIpc) is 2.35. The van der Waals surface area contributed by atoms with E-state index >= 15 is 0 Å². The van der Waals surface area contributed by atoms with Gasteiger partial charge in [0.1, 0.15) is 0 Å². The summed E-state index contributed by atoms with van der Waals surface area (Å²) < 4.78 is 0. The van der Waals surface area contributed by atoms with Crippen LogP contribution < -0.4 is 5.32 Å². The standard InChI is InChI=1S/C15H21ClN2/c1-12(13-5-7-14(16)8-6-13)18-10-4-9-15(2,3)11-17/h5-8,12,18H,4,9-10H2,1-3H3/t12-/m0/s1. The molecule has 0 radical (unpaired) electrons. The second kappa shape index (κ2) is 6.78. The van der Waals surface area contributed by atoms with Gasteiger partial charge in [0.15, 0.2) is 0 Å². The highest BCUT2D eigenvalue weighted by Crippen LogP contribution is 2.21. The van der Waals surface area contributed by atoms with Gasteiger partial charge in [-0.3, -0.25) is 0 Å². The number of rotatable bonds is 6. The lowest BCUT2D eigenvalue weighted by Crippen LogP contribution is -2.21. The molecule has 0 unspecified atom stereocenters. The molecule has 0 heterocycles. The summed E-state index contributed by atoms with van der Waals surface area (Å²) in [5.41, 5.74) is 1.02. The number of hydrogen-bond acceptors (Lipinski definition) is 2. The molecule has 0 spiro atoms. The van der Waals surface area contributed by atoms with Crippen molar-refractivity contribution < 1.29 is 0 Å². The molecule has 0 aliphatic rings. The summed E-state index contributed by atoms with van der Waals surface area (Å²) in [5, 5.41) is 13.2. The second-order valence-electron chi connectivity index (χ2n) is 5.33. The van der Waals surface area contributed by atoms with Crippen molar-refractivity contribution >= 4 is 11.6 Å². The van der Waals surface area contributed by atoms with Gasteiger partial charge in [-0.25, -0.2) is 0 Å². The molecule has 1 aromatic rings. The van der Waals surface area contributed by atoms with Crippen molar-refractivity contribution in [2.24, 2.45) is 5.41 Å². The highest BCUT2D eigenvalue weighted by Gasteiger charge is 2.15. The Bertz CT molecular complexity index is 403. The molecule has 2 nitrogen and oxygen atoms in total. The van der Waals surface area contributed by atoms with Gasteiger partial charge < -0.3 is 5.32 Å². The van der Waals surface area contributed by atoms with Gasteiger partial charge in [0, 0.05) is 11.1 Å². The normalized spacial score (nSPS) is 13.1. The van der Waals surface area contributed by atoms with E-state index in [1.807, 2.05) is 38.1 Å². The minimum Gasteiger partial charge on any atom is -0.310 e. The first-order valence-corrected chi connectivity index (χ1v) is 6.72. The Hall–Kier alpha value is -1.04. The Morgan fingerprint density at radius 1 is 1.33 bits per heavy atom. The predicted molar refractivity (Wildman–Crippen MR) is 76.5 cm³/mol. The molecule has 1 atom stereocenters. The van der Waals surface area contributed by atoms with E-state index in [4.69, 9.17) is 16.9 Å². The van der Waals surface area contributed by atoms with Crippen LogP contribution >= 0.6 is 11.6 Å². The third-order valence-electron chi connectivity index (χ3n) is 3.10. The third-order valence-corrected chi connectivity index (χ3v) is 3.35. The number of nitrogens with zero attached hydrogens (tertiary/aromatic N) is 1. The molecule has 0 aliphatic heterocycles. The van der Waals surface area contributed by atoms with E-state index in [1.165, 1.54) is 5.56 Å². The van der Waals surface area contributed by atoms with Crippen LogP contribution in [0.3, 0.4) is 0 Å². The summed E-state index contributed by atoms with van der Waals surface area (Å²) >= 11 is 5.86. The maximum absolute atomic E-state index is 8.92. The Kier molecular flexibility index (Phi) is 5.65. The van der Waals surface area contributed by atoms with Crippen molar-refractivity contribution in [1.29, 1.82) is 5.26 Å². The summed E-state index contributed by atoms with van der Waals surface area (Å²) in [6.45, 7) is 7.03. The first-order chi connectivity index (χ1) is 8.44. The van der Waals surface area contributed by atoms with Crippen LogP contribution in [0.25, 0.3) is 0 Å². The fraction of sp³-hybridized carbons (Fsp3) is 0.533. The average molecular weight is 265 g/mol. The lowest BCUT2D eigenvalue weighted by Gasteiger charge is -2.17. The van der Waals surface area contributed by atoms with Crippen LogP contribution in [-0.2, 0) is 0 Å². The second-order valence-corrected chi connectivity index (χ2v) is 5.76. The van der Waals surface area contributed by atoms with Crippen LogP contribution in [0.1, 0.15) is 45.2 Å². The smallest absolute Gasteiger partial charge is 0.0683 e. The number of nitriles is 1. The highest BCUT2D eigenvalue weighted by atomic mass is 35.5. The molecule has 1 aromatic carbocycles. The van der Waals surface area contributed by atoms with Gasteiger partial charge in [0.05, 0.1) is 11.5 Å². The summed E-state index contributed by atoms with van der Waals surface area (Å²) in [5.74, 6) is 0. The topological polar surface area (TPSA) is 35.8 Å². The zero-order chi connectivity index (χ0) is 13.6. The predicted octanol–water partition coefficient (Wildman–Crippen LogP) is 4.32. The number of benzene rings is 1. The summed E-state index contributed by atoms with van der Waals surface area (Å²) in [4.78, 5) is 0. The Balaban J connectivity index is 2.32. The molecule has 0 bridgehead atoms. The summed E-state index contributed by atoms with van der Waals surface area (Å²) in [6, 6.07) is 10.5. The van der Waals surface area contributed by atoms with E-state index in [9.17, 15) is 0 Å². The lowest BCUT2D eigenvalue weighted by molar-refractivity contribution is 0.417. The molecule has 0 saturated carbocycles. The summed E-state index contributed by atoms with van der Waals surface area (Å²) in [7, 11) is 0. The minimum absolute atomic E-state index is 0.217. The third kappa shape index (κ3) is 5.08. The number of hydrogen-bond donors (Lipinski definition) is 1. The maximum Gasteiger partial charge on any atom is 0.0683 e. The number of nitrogens with one attached hydrogen (secondary N) is 1. The Morgan fingerprint density at radius 2 is 1.94 bits per heavy atom. The molecule has 0 amide bonds. The quantitative estimate of drug-likeness (QED) is 0.777. The SMILES string of the molecule is C[C@H](NCCCC(C)(C)C#N)c1ccc(Cl)cc1. The van der Waals surface area contributed by atoms with Crippen molar-refractivity contribution in [3.63, 3.8) is 0 Å². The van der Waals surface area contributed by atoms with E-state index in [1.54, 1.807) is 0 Å². The van der Waals surface area contributed by atoms with Gasteiger partial charge in [-0.1, -0.05) is 23.7 Å². The Morgan fingerprint density at radius 3 is 2.50 bits per heavy atom. The molecule has 3 heteroatoms. The van der Waals surface area contributed by atoms with Gasteiger partial charge in [-0.05, 0) is 57.9 Å². The van der Waals surface area contributed by atoms with Gasteiger partial charge in [-0.2, -0.15) is 5.26 Å². The van der Waals surface area contributed by atoms with E-state index in [0.717, 1.165) is 24.4 Å². The van der Waals surface area contributed by atoms with Gasteiger partial charge in [0.2, 0.25) is 0 Å². The van der Waals surface area contributed by atoms with Gasteiger partial charge in [-0.15, -0.1) is 0 Å². The zero-order valence-corrected chi connectivity index (χ0v) is 12.1. The zero-order valence-electron chi connectivity index (χ0n) is 11.3. The van der Waals surface area contributed by atoms with E-state index in [-0.39, 0.29) is 5.41 Å². The number of halogens is 1. The molecule has 0 aromatic heterocycles. The molecular weight excluding hydrogens is 244 g/mol. The van der Waals surface area contributed by atoms with Gasteiger partial charge in [0.25, 0.3) is 0 Å². The van der Waals surface area contributed by atoms with Crippen LogP contribution in [0.15, 0.2) is 24.3 Å². The van der Waals surface area contributed by atoms with Crippen molar-refractivity contribution in [2.75, 3.05) is 6.54 Å². The first kappa shape index (κ1) is 15.0. The van der Waals surface area contributed by atoms with Crippen molar-refractivity contribution in [3.05, 3.63) is 34.9 Å². The van der Waals surface area contributed by atoms with E-state index in [0.29, 0.717) is 6.04 Å². The molecule has 1 rings (SSSR count). The van der Waals surface area contributed by atoms with Crippen LogP contribution in [-0.4, -0.2) is 6.54 Å². The molecule has 98 valence electrons. The first-order valence-electron chi connectivity index (χ1n) is 6.35. The minimum atomic E-state index is -0.217. The molecule has 1 N–H and O–H groups in total. The molecule has 18 heavy (non-hydrogen) atoms. The lowest BCUT2D eigenvalue weighted by atomic mass is 9.90. The van der Waals surface area contributed by atoms with Crippen molar-refractivity contribution in [1.82, 2.24) is 5.32 Å². The van der Waals surface area contributed by atoms with Crippen molar-refractivity contribution in [2.45, 2.75) is 39.7 Å². The fourth-order valence-corrected chi connectivity index (χ4v) is 1.90. The summed E-state index contributed by atoms with van der Waals surface area (Å²) in [6.07, 6.45) is 1.93. The monoisotopic (exact) mass is 264 g/mol. The van der Waals surface area contributed by atoms with Crippen LogP contribution in [0.2, 0.25) is 5.02 Å². The van der Waals surface area contributed by atoms with Crippen LogP contribution in [0, 0.1) is 16.7 Å².